The molecule has 4 nitrogen and oxygen atoms in total. The van der Waals surface area contributed by atoms with Gasteiger partial charge in [0.1, 0.15) is 6.10 Å². The van der Waals surface area contributed by atoms with Crippen LogP contribution in [0, 0.1) is 6.92 Å². The molecule has 0 radical (unpaired) electrons. The minimum absolute atomic E-state index is 0.0126. The van der Waals surface area contributed by atoms with Crippen LogP contribution in [0.15, 0.2) is 18.2 Å². The molecule has 2 fully saturated rings. The molecular weight excluding hydrogens is 254 g/mol. The number of carbonyl (C=O) groups excluding carboxylic acids is 1. The number of hydrogen-bond donors (Lipinski definition) is 1. The molecule has 4 heteroatoms. The van der Waals surface area contributed by atoms with Gasteiger partial charge in [-0.05, 0) is 37.8 Å². The molecule has 1 saturated carbocycles. The fourth-order valence-corrected chi connectivity index (χ4v) is 3.08. The zero-order valence-electron chi connectivity index (χ0n) is 11.9. The van der Waals surface area contributed by atoms with Gasteiger partial charge in [0.25, 0.3) is 0 Å². The van der Waals surface area contributed by atoms with Gasteiger partial charge < -0.3 is 15.2 Å². The highest BCUT2D eigenvalue weighted by molar-refractivity contribution is 5.95. The summed E-state index contributed by atoms with van der Waals surface area (Å²) in [5.41, 5.74) is 7.83. The van der Waals surface area contributed by atoms with Crippen molar-refractivity contribution in [1.82, 2.24) is 0 Å². The van der Waals surface area contributed by atoms with Gasteiger partial charge >= 0.3 is 5.97 Å². The van der Waals surface area contributed by atoms with Crippen LogP contribution in [-0.4, -0.2) is 24.3 Å². The predicted octanol–water partition coefficient (Wildman–Crippen LogP) is 2.84. The number of hydrogen-bond acceptors (Lipinski definition) is 4. The van der Waals surface area contributed by atoms with Crippen LogP contribution >= 0.6 is 0 Å². The van der Waals surface area contributed by atoms with Crippen molar-refractivity contribution in [1.29, 1.82) is 0 Å². The van der Waals surface area contributed by atoms with Crippen molar-refractivity contribution in [2.75, 3.05) is 12.3 Å². The molecule has 20 heavy (non-hydrogen) atoms. The average Bonchev–Trinajstić information content (AvgIpc) is 2.40. The van der Waals surface area contributed by atoms with E-state index < -0.39 is 0 Å². The first-order valence-corrected chi connectivity index (χ1v) is 7.30. The molecular formula is C16H21NO3. The zero-order chi connectivity index (χ0) is 14.2. The van der Waals surface area contributed by atoms with Crippen molar-refractivity contribution in [3.8, 4) is 0 Å². The largest absolute Gasteiger partial charge is 0.459 e. The number of aryl methyl sites for hydroxylation is 1. The summed E-state index contributed by atoms with van der Waals surface area (Å²) in [6.45, 7) is 2.57. The second-order valence-corrected chi connectivity index (χ2v) is 5.94. The molecule has 1 saturated heterocycles. The minimum Gasteiger partial charge on any atom is -0.459 e. The molecule has 1 atom stereocenters. The Hall–Kier alpha value is -1.55. The van der Waals surface area contributed by atoms with E-state index in [0.717, 1.165) is 31.2 Å². The molecule has 2 aliphatic rings. The van der Waals surface area contributed by atoms with E-state index >= 15 is 0 Å². The normalized spacial score (nSPS) is 24.1. The van der Waals surface area contributed by atoms with Gasteiger partial charge in [0.05, 0.1) is 17.8 Å². The molecule has 1 heterocycles. The van der Waals surface area contributed by atoms with E-state index in [1.165, 1.54) is 6.42 Å². The first-order valence-electron chi connectivity index (χ1n) is 7.30. The van der Waals surface area contributed by atoms with E-state index in [1.807, 2.05) is 19.1 Å². The molecule has 1 aliphatic heterocycles. The Kier molecular flexibility index (Phi) is 3.42. The summed E-state index contributed by atoms with van der Waals surface area (Å²) in [7, 11) is 0. The van der Waals surface area contributed by atoms with E-state index in [1.54, 1.807) is 6.07 Å². The third kappa shape index (κ3) is 2.40. The van der Waals surface area contributed by atoms with E-state index in [2.05, 4.69) is 0 Å². The highest BCUT2D eigenvalue weighted by Gasteiger charge is 2.43. The van der Waals surface area contributed by atoms with Gasteiger partial charge in [0, 0.05) is 18.5 Å². The van der Waals surface area contributed by atoms with E-state index in [0.29, 0.717) is 17.9 Å². The fraction of sp³-hybridized carbons (Fsp3) is 0.562. The lowest BCUT2D eigenvalue weighted by Gasteiger charge is -2.46. The van der Waals surface area contributed by atoms with E-state index in [4.69, 9.17) is 15.2 Å². The molecule has 0 amide bonds. The summed E-state index contributed by atoms with van der Waals surface area (Å²) in [5, 5.41) is 0. The second-order valence-electron chi connectivity index (χ2n) is 5.94. The van der Waals surface area contributed by atoms with E-state index in [9.17, 15) is 4.79 Å². The van der Waals surface area contributed by atoms with E-state index in [-0.39, 0.29) is 17.7 Å². The summed E-state index contributed by atoms with van der Waals surface area (Å²) in [6, 6.07) is 5.45. The Morgan fingerprint density at radius 2 is 2.25 bits per heavy atom. The number of para-hydroxylation sites is 1. The van der Waals surface area contributed by atoms with Crippen LogP contribution in [0.4, 0.5) is 5.69 Å². The smallest absolute Gasteiger partial charge is 0.340 e. The Morgan fingerprint density at radius 3 is 2.95 bits per heavy atom. The third-order valence-corrected chi connectivity index (χ3v) is 4.53. The van der Waals surface area contributed by atoms with Crippen molar-refractivity contribution in [2.45, 2.75) is 50.7 Å². The molecule has 3 rings (SSSR count). The lowest BCUT2D eigenvalue weighted by Crippen LogP contribution is -2.48. The molecule has 108 valence electrons. The van der Waals surface area contributed by atoms with Crippen molar-refractivity contribution >= 4 is 11.7 Å². The van der Waals surface area contributed by atoms with Gasteiger partial charge in [-0.1, -0.05) is 12.1 Å². The topological polar surface area (TPSA) is 61.5 Å². The van der Waals surface area contributed by atoms with Crippen LogP contribution in [0.1, 0.15) is 48.0 Å². The number of benzene rings is 1. The van der Waals surface area contributed by atoms with Crippen LogP contribution in [0.2, 0.25) is 0 Å². The summed E-state index contributed by atoms with van der Waals surface area (Å²) in [5.74, 6) is -0.312. The minimum atomic E-state index is -0.312. The Morgan fingerprint density at radius 1 is 1.45 bits per heavy atom. The lowest BCUT2D eigenvalue weighted by molar-refractivity contribution is -0.159. The quantitative estimate of drug-likeness (QED) is 0.666. The fourth-order valence-electron chi connectivity index (χ4n) is 3.08. The average molecular weight is 275 g/mol. The molecule has 0 aromatic heterocycles. The number of carbonyl (C=O) groups is 1. The summed E-state index contributed by atoms with van der Waals surface area (Å²) < 4.78 is 11.5. The number of nitrogen functional groups attached to an aromatic ring is 1. The Balaban J connectivity index is 1.68. The van der Waals surface area contributed by atoms with Crippen LogP contribution in [-0.2, 0) is 9.47 Å². The molecule has 1 aromatic rings. The van der Waals surface area contributed by atoms with Gasteiger partial charge in [-0.2, -0.15) is 0 Å². The first-order chi connectivity index (χ1) is 9.60. The third-order valence-electron chi connectivity index (χ3n) is 4.53. The molecule has 2 N–H and O–H groups in total. The maximum atomic E-state index is 12.3. The number of anilines is 1. The standard InChI is InChI=1S/C16H21NO3/c1-11-4-2-5-13(14(11)17)15(18)20-12-6-9-19-16(10-12)7-3-8-16/h2,4-5,12H,3,6-10,17H2,1H3. The van der Waals surface area contributed by atoms with Gasteiger partial charge in [0.15, 0.2) is 0 Å². The lowest BCUT2D eigenvalue weighted by atomic mass is 9.74. The molecule has 1 spiro atoms. The van der Waals surface area contributed by atoms with Crippen LogP contribution in [0.3, 0.4) is 0 Å². The van der Waals surface area contributed by atoms with Crippen molar-refractivity contribution in [3.63, 3.8) is 0 Å². The number of rotatable bonds is 2. The van der Waals surface area contributed by atoms with Gasteiger partial charge in [-0.15, -0.1) is 0 Å². The van der Waals surface area contributed by atoms with Gasteiger partial charge in [-0.3, -0.25) is 0 Å². The molecule has 1 aromatic carbocycles. The highest BCUT2D eigenvalue weighted by Crippen LogP contribution is 2.43. The summed E-state index contributed by atoms with van der Waals surface area (Å²) >= 11 is 0. The SMILES string of the molecule is Cc1cccc(C(=O)OC2CCOC3(CCC3)C2)c1N. The highest BCUT2D eigenvalue weighted by atomic mass is 16.6. The van der Waals surface area contributed by atoms with Crippen LogP contribution in [0.25, 0.3) is 0 Å². The molecule has 1 aliphatic carbocycles. The first kappa shape index (κ1) is 13.4. The van der Waals surface area contributed by atoms with Crippen molar-refractivity contribution in [3.05, 3.63) is 29.3 Å². The van der Waals surface area contributed by atoms with Crippen LogP contribution in [0.5, 0.6) is 0 Å². The second kappa shape index (κ2) is 5.09. The molecule has 1 unspecified atom stereocenters. The van der Waals surface area contributed by atoms with Gasteiger partial charge in [-0.25, -0.2) is 4.79 Å². The Bertz CT molecular complexity index is 522. The number of nitrogens with two attached hydrogens (primary N) is 1. The van der Waals surface area contributed by atoms with Crippen molar-refractivity contribution < 1.29 is 14.3 Å². The van der Waals surface area contributed by atoms with Crippen molar-refractivity contribution in [2.24, 2.45) is 0 Å². The maximum Gasteiger partial charge on any atom is 0.340 e. The summed E-state index contributed by atoms with van der Waals surface area (Å²) in [6.07, 6.45) is 4.95. The monoisotopic (exact) mass is 275 g/mol. The number of esters is 1. The zero-order valence-corrected chi connectivity index (χ0v) is 11.9. The molecule has 0 bridgehead atoms. The summed E-state index contributed by atoms with van der Waals surface area (Å²) in [4.78, 5) is 12.3. The van der Waals surface area contributed by atoms with Crippen LogP contribution < -0.4 is 5.73 Å². The Labute approximate surface area is 119 Å². The number of ether oxygens (including phenoxy) is 2. The predicted molar refractivity (Wildman–Crippen MR) is 76.6 cm³/mol. The maximum absolute atomic E-state index is 12.3. The van der Waals surface area contributed by atoms with Gasteiger partial charge in [0.2, 0.25) is 0 Å².